The second-order valence-corrected chi connectivity index (χ2v) is 8.33. The largest absolute Gasteiger partial charge is 0.444 e. The van der Waals surface area contributed by atoms with E-state index in [0.29, 0.717) is 38.4 Å². The van der Waals surface area contributed by atoms with Crippen LogP contribution in [0, 0.1) is 0 Å². The highest BCUT2D eigenvalue weighted by Crippen LogP contribution is 2.22. The minimum Gasteiger partial charge on any atom is -0.444 e. The van der Waals surface area contributed by atoms with Gasteiger partial charge in [0.25, 0.3) is 0 Å². The number of urea groups is 2. The topological polar surface area (TPSA) is 94.2 Å². The average molecular weight is 403 g/mol. The molecule has 29 heavy (non-hydrogen) atoms. The van der Waals surface area contributed by atoms with Gasteiger partial charge in [0.1, 0.15) is 5.60 Å². The SMILES string of the molecule is C[C@@H]1CN(C(=O)OC(C)(C)C)CCN1C(=O)Nc1cccc(N2CCNC2=O)c1. The molecule has 0 saturated carbocycles. The molecule has 0 spiro atoms. The Morgan fingerprint density at radius 2 is 1.97 bits per heavy atom. The highest BCUT2D eigenvalue weighted by atomic mass is 16.6. The fraction of sp³-hybridized carbons (Fsp3) is 0.550. The molecule has 0 radical (unpaired) electrons. The normalized spacial score (nSPS) is 19.8. The van der Waals surface area contributed by atoms with Crippen molar-refractivity contribution in [2.75, 3.05) is 42.9 Å². The zero-order valence-electron chi connectivity index (χ0n) is 17.4. The van der Waals surface area contributed by atoms with Crippen molar-refractivity contribution in [2.24, 2.45) is 0 Å². The van der Waals surface area contributed by atoms with E-state index in [1.807, 2.05) is 33.8 Å². The van der Waals surface area contributed by atoms with Gasteiger partial charge in [0, 0.05) is 50.1 Å². The van der Waals surface area contributed by atoms with Gasteiger partial charge in [-0.05, 0) is 45.9 Å². The van der Waals surface area contributed by atoms with Gasteiger partial charge in [-0.25, -0.2) is 14.4 Å². The Labute approximate surface area is 171 Å². The average Bonchev–Trinajstić information content (AvgIpc) is 3.06. The van der Waals surface area contributed by atoms with Crippen LogP contribution in [0.4, 0.5) is 25.8 Å². The number of carbonyl (C=O) groups excluding carboxylic acids is 3. The van der Waals surface area contributed by atoms with E-state index in [1.54, 1.807) is 32.9 Å². The minimum atomic E-state index is -0.550. The summed E-state index contributed by atoms with van der Waals surface area (Å²) in [6.07, 6.45) is -0.360. The first-order chi connectivity index (χ1) is 13.6. The van der Waals surface area contributed by atoms with E-state index in [4.69, 9.17) is 4.74 Å². The van der Waals surface area contributed by atoms with Crippen LogP contribution in [-0.4, -0.2) is 72.3 Å². The molecule has 2 fully saturated rings. The van der Waals surface area contributed by atoms with Crippen molar-refractivity contribution in [1.29, 1.82) is 0 Å². The molecule has 1 aromatic rings. The first-order valence-electron chi connectivity index (χ1n) is 9.85. The number of hydrogen-bond donors (Lipinski definition) is 2. The second-order valence-electron chi connectivity index (χ2n) is 8.33. The maximum absolute atomic E-state index is 12.8. The van der Waals surface area contributed by atoms with Gasteiger partial charge in [-0.15, -0.1) is 0 Å². The van der Waals surface area contributed by atoms with Crippen molar-refractivity contribution in [3.8, 4) is 0 Å². The van der Waals surface area contributed by atoms with E-state index >= 15 is 0 Å². The van der Waals surface area contributed by atoms with Crippen LogP contribution in [-0.2, 0) is 4.74 Å². The number of nitrogens with zero attached hydrogens (tertiary/aromatic N) is 3. The van der Waals surface area contributed by atoms with Crippen LogP contribution >= 0.6 is 0 Å². The summed E-state index contributed by atoms with van der Waals surface area (Å²) in [5.74, 6) is 0. The molecule has 2 aliphatic rings. The number of benzene rings is 1. The third-order valence-corrected chi connectivity index (χ3v) is 4.81. The lowest BCUT2D eigenvalue weighted by molar-refractivity contribution is 0.0112. The number of anilines is 2. The van der Waals surface area contributed by atoms with Crippen molar-refractivity contribution in [2.45, 2.75) is 39.3 Å². The third-order valence-electron chi connectivity index (χ3n) is 4.81. The summed E-state index contributed by atoms with van der Waals surface area (Å²) in [4.78, 5) is 41.9. The van der Waals surface area contributed by atoms with Crippen LogP contribution in [0.3, 0.4) is 0 Å². The van der Waals surface area contributed by atoms with E-state index in [9.17, 15) is 14.4 Å². The van der Waals surface area contributed by atoms with E-state index in [1.165, 1.54) is 0 Å². The molecule has 5 amide bonds. The van der Waals surface area contributed by atoms with Gasteiger partial charge >= 0.3 is 18.2 Å². The van der Waals surface area contributed by atoms with Gasteiger partial charge in [-0.2, -0.15) is 0 Å². The number of rotatable bonds is 2. The molecule has 0 aliphatic carbocycles. The summed E-state index contributed by atoms with van der Waals surface area (Å²) in [6, 6.07) is 6.69. The van der Waals surface area contributed by atoms with E-state index in [0.717, 1.165) is 5.69 Å². The van der Waals surface area contributed by atoms with Crippen LogP contribution < -0.4 is 15.5 Å². The number of amides is 5. The predicted octanol–water partition coefficient (Wildman–Crippen LogP) is 2.69. The Bertz CT molecular complexity index is 791. The number of piperazine rings is 1. The Kier molecular flexibility index (Phi) is 5.86. The summed E-state index contributed by atoms with van der Waals surface area (Å²) in [5, 5.41) is 5.66. The van der Waals surface area contributed by atoms with Gasteiger partial charge in [0.2, 0.25) is 0 Å². The van der Waals surface area contributed by atoms with E-state index in [2.05, 4.69) is 10.6 Å². The Hall–Kier alpha value is -2.97. The van der Waals surface area contributed by atoms with Gasteiger partial charge in [-0.1, -0.05) is 6.07 Å². The van der Waals surface area contributed by atoms with Crippen molar-refractivity contribution in [3.05, 3.63) is 24.3 Å². The summed E-state index contributed by atoms with van der Waals surface area (Å²) in [6.45, 7) is 9.85. The molecular weight excluding hydrogens is 374 g/mol. The molecule has 1 aromatic carbocycles. The monoisotopic (exact) mass is 403 g/mol. The van der Waals surface area contributed by atoms with Crippen LogP contribution in [0.1, 0.15) is 27.7 Å². The summed E-state index contributed by atoms with van der Waals surface area (Å²) >= 11 is 0. The quantitative estimate of drug-likeness (QED) is 0.794. The van der Waals surface area contributed by atoms with Crippen molar-refractivity contribution in [3.63, 3.8) is 0 Å². The maximum Gasteiger partial charge on any atom is 0.410 e. The Morgan fingerprint density at radius 1 is 1.21 bits per heavy atom. The maximum atomic E-state index is 12.8. The Morgan fingerprint density at radius 3 is 2.59 bits per heavy atom. The van der Waals surface area contributed by atoms with Gasteiger partial charge in [0.05, 0.1) is 0 Å². The third kappa shape index (κ3) is 5.10. The highest BCUT2D eigenvalue weighted by molar-refractivity contribution is 5.96. The molecule has 158 valence electrons. The fourth-order valence-electron chi connectivity index (χ4n) is 3.42. The number of carbonyl (C=O) groups is 3. The van der Waals surface area contributed by atoms with Crippen LogP contribution in [0.5, 0.6) is 0 Å². The lowest BCUT2D eigenvalue weighted by atomic mass is 10.2. The van der Waals surface area contributed by atoms with E-state index in [-0.39, 0.29) is 24.2 Å². The summed E-state index contributed by atoms with van der Waals surface area (Å²) in [5.41, 5.74) is 0.807. The molecule has 2 aliphatic heterocycles. The molecule has 0 unspecified atom stereocenters. The molecule has 2 saturated heterocycles. The lowest BCUT2D eigenvalue weighted by Crippen LogP contribution is -2.57. The van der Waals surface area contributed by atoms with Crippen molar-refractivity contribution < 1.29 is 19.1 Å². The molecule has 9 nitrogen and oxygen atoms in total. The van der Waals surface area contributed by atoms with Gasteiger partial charge in [0.15, 0.2) is 0 Å². The van der Waals surface area contributed by atoms with E-state index < -0.39 is 5.60 Å². The lowest BCUT2D eigenvalue weighted by Gasteiger charge is -2.40. The van der Waals surface area contributed by atoms with Gasteiger partial charge < -0.3 is 25.2 Å². The van der Waals surface area contributed by atoms with Crippen molar-refractivity contribution >= 4 is 29.5 Å². The first-order valence-corrected chi connectivity index (χ1v) is 9.85. The zero-order valence-corrected chi connectivity index (χ0v) is 17.4. The molecule has 9 heteroatoms. The van der Waals surface area contributed by atoms with Crippen LogP contribution in [0.2, 0.25) is 0 Å². The second kappa shape index (κ2) is 8.18. The number of ether oxygens (including phenoxy) is 1. The standard InChI is InChI=1S/C20H29N5O4/c1-14-13-23(19(28)29-20(2,3)4)10-11-24(14)18(27)22-15-6-5-7-16(12-15)25-9-8-21-17(25)26/h5-7,12,14H,8-11,13H2,1-4H3,(H,21,26)(H,22,27)/t14-/m1/s1. The molecular formula is C20H29N5O4. The predicted molar refractivity (Wildman–Crippen MR) is 110 cm³/mol. The highest BCUT2D eigenvalue weighted by Gasteiger charge is 2.32. The molecule has 3 rings (SSSR count). The smallest absolute Gasteiger partial charge is 0.410 e. The fourth-order valence-corrected chi connectivity index (χ4v) is 3.42. The molecule has 1 atom stereocenters. The number of nitrogens with one attached hydrogen (secondary N) is 2. The Balaban J connectivity index is 1.59. The van der Waals surface area contributed by atoms with Gasteiger partial charge in [-0.3, -0.25) is 4.90 Å². The van der Waals surface area contributed by atoms with Crippen molar-refractivity contribution in [1.82, 2.24) is 15.1 Å². The van der Waals surface area contributed by atoms with Crippen LogP contribution in [0.15, 0.2) is 24.3 Å². The molecule has 0 bridgehead atoms. The first kappa shape index (κ1) is 20.8. The zero-order chi connectivity index (χ0) is 21.2. The minimum absolute atomic E-state index is 0.139. The summed E-state index contributed by atoms with van der Waals surface area (Å²) < 4.78 is 5.42. The summed E-state index contributed by atoms with van der Waals surface area (Å²) in [7, 11) is 0. The molecule has 2 heterocycles. The number of hydrogen-bond acceptors (Lipinski definition) is 4. The van der Waals surface area contributed by atoms with Crippen LogP contribution in [0.25, 0.3) is 0 Å². The molecule has 2 N–H and O–H groups in total. The molecule has 0 aromatic heterocycles.